The normalized spacial score (nSPS) is 28.2. The van der Waals surface area contributed by atoms with Crippen LogP contribution in [0.5, 0.6) is 0 Å². The van der Waals surface area contributed by atoms with Gasteiger partial charge in [0.1, 0.15) is 11.6 Å². The number of nitrogens with zero attached hydrogens (tertiary/aromatic N) is 2. The van der Waals surface area contributed by atoms with Gasteiger partial charge in [-0.15, -0.1) is 0 Å². The molecule has 31 heavy (non-hydrogen) atoms. The highest BCUT2D eigenvalue weighted by Crippen LogP contribution is 2.35. The van der Waals surface area contributed by atoms with Crippen LogP contribution in [0.4, 0.5) is 0 Å². The summed E-state index contributed by atoms with van der Waals surface area (Å²) in [4.78, 5) is 31.7. The van der Waals surface area contributed by atoms with Gasteiger partial charge < -0.3 is 10.2 Å². The first-order valence-electron chi connectivity index (χ1n) is 12.5. The zero-order valence-electron chi connectivity index (χ0n) is 19.2. The van der Waals surface area contributed by atoms with Crippen molar-refractivity contribution in [3.05, 3.63) is 35.9 Å². The molecule has 1 unspecified atom stereocenters. The monoisotopic (exact) mass is 425 g/mol. The molecule has 1 spiro atoms. The molecule has 2 saturated heterocycles. The lowest BCUT2D eigenvalue weighted by Gasteiger charge is -2.52. The van der Waals surface area contributed by atoms with Crippen LogP contribution in [-0.2, 0) is 16.1 Å². The van der Waals surface area contributed by atoms with Crippen molar-refractivity contribution in [1.29, 1.82) is 0 Å². The Labute approximate surface area is 187 Å². The number of piperidine rings is 1. The first-order chi connectivity index (χ1) is 15.1. The van der Waals surface area contributed by atoms with Gasteiger partial charge in [-0.1, -0.05) is 75.8 Å². The van der Waals surface area contributed by atoms with E-state index < -0.39 is 5.54 Å². The summed E-state index contributed by atoms with van der Waals surface area (Å²) in [5.74, 6) is 0.827. The highest BCUT2D eigenvalue weighted by molar-refractivity contribution is 6.00. The molecule has 170 valence electrons. The second kappa shape index (κ2) is 10.2. The molecule has 1 aromatic carbocycles. The van der Waals surface area contributed by atoms with Gasteiger partial charge in [0, 0.05) is 19.6 Å². The van der Waals surface area contributed by atoms with Gasteiger partial charge >= 0.3 is 0 Å². The Hall–Kier alpha value is -1.88. The molecule has 1 saturated carbocycles. The Morgan fingerprint density at radius 1 is 1.06 bits per heavy atom. The van der Waals surface area contributed by atoms with Crippen molar-refractivity contribution < 1.29 is 9.59 Å². The van der Waals surface area contributed by atoms with Gasteiger partial charge in [-0.3, -0.25) is 14.5 Å². The Bertz CT molecular complexity index is 746. The van der Waals surface area contributed by atoms with Gasteiger partial charge in [-0.25, -0.2) is 0 Å². The van der Waals surface area contributed by atoms with E-state index in [4.69, 9.17) is 0 Å². The van der Waals surface area contributed by atoms with Crippen molar-refractivity contribution >= 4 is 11.8 Å². The quantitative estimate of drug-likeness (QED) is 0.715. The predicted molar refractivity (Wildman–Crippen MR) is 123 cm³/mol. The molecule has 4 rings (SSSR count). The number of amides is 2. The summed E-state index contributed by atoms with van der Waals surface area (Å²) >= 11 is 0. The SMILES string of the molecule is CCCCN1C(=O)[C@H](CC2CCCCC2)NC(=O)C12CCCN(Cc1ccccc1)C2. The standard InChI is InChI=1S/C26H39N3O2/c1-2-3-17-29-24(30)23(18-21-11-6-4-7-12-21)27-25(31)26(29)15-10-16-28(20-26)19-22-13-8-5-9-14-22/h5,8-9,13-14,21,23H,2-4,6-7,10-12,15-20H2,1H3,(H,27,31)/t23-,26?/m0/s1. The fourth-order valence-corrected chi connectivity index (χ4v) is 5.94. The minimum Gasteiger partial charge on any atom is -0.342 e. The summed E-state index contributed by atoms with van der Waals surface area (Å²) in [6.07, 6.45) is 10.8. The van der Waals surface area contributed by atoms with Crippen LogP contribution in [0.1, 0.15) is 76.7 Å². The van der Waals surface area contributed by atoms with Crippen molar-refractivity contribution in [1.82, 2.24) is 15.1 Å². The summed E-state index contributed by atoms with van der Waals surface area (Å²) in [5, 5.41) is 3.21. The van der Waals surface area contributed by atoms with Crippen LogP contribution >= 0.6 is 0 Å². The van der Waals surface area contributed by atoms with Crippen molar-refractivity contribution in [2.24, 2.45) is 5.92 Å². The molecule has 1 N–H and O–H groups in total. The minimum absolute atomic E-state index is 0.0850. The highest BCUT2D eigenvalue weighted by Gasteiger charge is 2.54. The van der Waals surface area contributed by atoms with Crippen LogP contribution in [0.2, 0.25) is 0 Å². The largest absolute Gasteiger partial charge is 0.342 e. The first kappa shape index (κ1) is 22.3. The van der Waals surface area contributed by atoms with Crippen LogP contribution in [0, 0.1) is 5.92 Å². The average molecular weight is 426 g/mol. The zero-order chi connectivity index (χ0) is 21.7. The van der Waals surface area contributed by atoms with Gasteiger partial charge in [-0.05, 0) is 43.7 Å². The Morgan fingerprint density at radius 2 is 1.84 bits per heavy atom. The van der Waals surface area contributed by atoms with E-state index in [0.29, 0.717) is 19.0 Å². The van der Waals surface area contributed by atoms with Gasteiger partial charge in [0.05, 0.1) is 0 Å². The Balaban J connectivity index is 1.52. The van der Waals surface area contributed by atoms with Gasteiger partial charge in [0.15, 0.2) is 0 Å². The van der Waals surface area contributed by atoms with Crippen LogP contribution < -0.4 is 5.32 Å². The minimum atomic E-state index is -0.706. The molecule has 1 aliphatic carbocycles. The van der Waals surface area contributed by atoms with E-state index in [1.54, 1.807) is 0 Å². The molecule has 3 fully saturated rings. The van der Waals surface area contributed by atoms with E-state index >= 15 is 0 Å². The summed E-state index contributed by atoms with van der Waals surface area (Å²) < 4.78 is 0. The van der Waals surface area contributed by atoms with Gasteiger partial charge in [0.2, 0.25) is 11.8 Å². The fraction of sp³-hybridized carbons (Fsp3) is 0.692. The number of carbonyl (C=O) groups excluding carboxylic acids is 2. The molecule has 0 bridgehead atoms. The average Bonchev–Trinajstić information content (AvgIpc) is 2.79. The number of carbonyl (C=O) groups is 2. The summed E-state index contributed by atoms with van der Waals surface area (Å²) in [6, 6.07) is 10.1. The highest BCUT2D eigenvalue weighted by atomic mass is 16.2. The molecule has 2 atom stereocenters. The maximum absolute atomic E-state index is 13.7. The smallest absolute Gasteiger partial charge is 0.247 e. The molecule has 3 aliphatic rings. The van der Waals surface area contributed by atoms with Crippen LogP contribution in [0.25, 0.3) is 0 Å². The zero-order valence-corrected chi connectivity index (χ0v) is 19.2. The lowest BCUT2D eigenvalue weighted by atomic mass is 9.79. The number of benzene rings is 1. The Morgan fingerprint density at radius 3 is 2.58 bits per heavy atom. The molecule has 0 aromatic heterocycles. The third-order valence-corrected chi connectivity index (χ3v) is 7.64. The number of rotatable bonds is 7. The van der Waals surface area contributed by atoms with E-state index in [9.17, 15) is 9.59 Å². The second-order valence-corrected chi connectivity index (χ2v) is 9.94. The number of hydrogen-bond acceptors (Lipinski definition) is 3. The molecule has 1 aromatic rings. The third kappa shape index (κ3) is 4.97. The maximum Gasteiger partial charge on any atom is 0.247 e. The molecular formula is C26H39N3O2. The first-order valence-corrected chi connectivity index (χ1v) is 12.5. The molecule has 5 heteroatoms. The number of unbranched alkanes of at least 4 members (excludes halogenated alkanes) is 1. The summed E-state index contributed by atoms with van der Waals surface area (Å²) in [6.45, 7) is 5.30. The van der Waals surface area contributed by atoms with E-state index in [0.717, 1.165) is 45.2 Å². The van der Waals surface area contributed by atoms with Crippen LogP contribution in [0.3, 0.4) is 0 Å². The molecule has 5 nitrogen and oxygen atoms in total. The second-order valence-electron chi connectivity index (χ2n) is 9.94. The lowest BCUT2D eigenvalue weighted by Crippen LogP contribution is -2.74. The van der Waals surface area contributed by atoms with Crippen LogP contribution in [0.15, 0.2) is 30.3 Å². The van der Waals surface area contributed by atoms with Crippen molar-refractivity contribution in [3.63, 3.8) is 0 Å². The molecule has 0 radical (unpaired) electrons. The van der Waals surface area contributed by atoms with E-state index in [1.165, 1.54) is 37.7 Å². The number of likely N-dealkylation sites (tertiary alicyclic amines) is 1. The topological polar surface area (TPSA) is 52.7 Å². The fourth-order valence-electron chi connectivity index (χ4n) is 5.94. The van der Waals surface area contributed by atoms with Gasteiger partial charge in [0.25, 0.3) is 0 Å². The van der Waals surface area contributed by atoms with Crippen LogP contribution in [-0.4, -0.2) is 52.8 Å². The lowest BCUT2D eigenvalue weighted by molar-refractivity contribution is -0.162. The predicted octanol–water partition coefficient (Wildman–Crippen LogP) is 4.12. The molecule has 2 aliphatic heterocycles. The molecule has 2 heterocycles. The van der Waals surface area contributed by atoms with E-state index in [2.05, 4.69) is 41.4 Å². The molecule has 2 amide bonds. The van der Waals surface area contributed by atoms with E-state index in [1.807, 2.05) is 11.0 Å². The van der Waals surface area contributed by atoms with Crippen molar-refractivity contribution in [2.45, 2.75) is 89.3 Å². The van der Waals surface area contributed by atoms with Crippen molar-refractivity contribution in [2.75, 3.05) is 19.6 Å². The summed E-state index contributed by atoms with van der Waals surface area (Å²) in [7, 11) is 0. The molecular weight excluding hydrogens is 386 g/mol. The van der Waals surface area contributed by atoms with E-state index in [-0.39, 0.29) is 17.9 Å². The number of nitrogens with one attached hydrogen (secondary N) is 1. The Kier molecular flexibility index (Phi) is 7.31. The number of piperazine rings is 1. The summed E-state index contributed by atoms with van der Waals surface area (Å²) in [5.41, 5.74) is 0.555. The van der Waals surface area contributed by atoms with Gasteiger partial charge in [-0.2, -0.15) is 0 Å². The van der Waals surface area contributed by atoms with Crippen molar-refractivity contribution in [3.8, 4) is 0 Å². The third-order valence-electron chi connectivity index (χ3n) is 7.64. The number of hydrogen-bond donors (Lipinski definition) is 1. The maximum atomic E-state index is 13.7.